The van der Waals surface area contributed by atoms with Crippen molar-refractivity contribution in [2.75, 3.05) is 0 Å². The SMILES string of the molecule is OB(O)c1ccc(-c2ccc([Si](c3ccc(-c4ccc(B(O)O)cc4)cc3)(c3ccc(-c4ccc(B(O)O)cc4)cc3)c3ccc(-c4ccc(B(O)O)cc4)cc3)cc2)cc1. The largest absolute Gasteiger partial charge is 0.488 e. The van der Waals surface area contributed by atoms with Gasteiger partial charge in [-0.3, -0.25) is 0 Å². The van der Waals surface area contributed by atoms with Crippen LogP contribution >= 0.6 is 0 Å². The quantitative estimate of drug-likeness (QED) is 0.0653. The van der Waals surface area contributed by atoms with Crippen molar-refractivity contribution in [1.29, 1.82) is 0 Å². The van der Waals surface area contributed by atoms with E-state index in [0.717, 1.165) is 65.3 Å². The van der Waals surface area contributed by atoms with Gasteiger partial charge in [0, 0.05) is 0 Å². The molecule has 0 aromatic heterocycles. The second kappa shape index (κ2) is 17.9. The molecular weight excluding hydrogens is 776 g/mol. The minimum Gasteiger partial charge on any atom is -0.423 e. The second-order valence-electron chi connectivity index (χ2n) is 15.0. The fraction of sp³-hybridized carbons (Fsp3) is 0. The van der Waals surface area contributed by atoms with Crippen molar-refractivity contribution in [1.82, 2.24) is 0 Å². The van der Waals surface area contributed by atoms with Crippen LogP contribution in [0.2, 0.25) is 0 Å². The molecule has 0 aliphatic heterocycles. The molecule has 8 aromatic carbocycles. The van der Waals surface area contributed by atoms with Crippen LogP contribution in [0.15, 0.2) is 194 Å². The van der Waals surface area contributed by atoms with Gasteiger partial charge in [0.15, 0.2) is 8.07 Å². The molecule has 0 aliphatic rings. The van der Waals surface area contributed by atoms with Crippen LogP contribution in [0.4, 0.5) is 0 Å². The molecule has 0 aliphatic carbocycles. The van der Waals surface area contributed by atoms with Crippen LogP contribution in [-0.4, -0.2) is 76.7 Å². The van der Waals surface area contributed by atoms with Gasteiger partial charge in [0.2, 0.25) is 0 Å². The first-order valence-corrected chi connectivity index (χ1v) is 21.8. The van der Waals surface area contributed by atoms with Gasteiger partial charge in [0.1, 0.15) is 0 Å². The van der Waals surface area contributed by atoms with Crippen LogP contribution < -0.4 is 42.6 Å². The molecule has 0 fully saturated rings. The van der Waals surface area contributed by atoms with E-state index in [-0.39, 0.29) is 0 Å². The van der Waals surface area contributed by atoms with E-state index in [4.69, 9.17) is 0 Å². The molecule has 8 N–H and O–H groups in total. The maximum absolute atomic E-state index is 9.68. The summed E-state index contributed by atoms with van der Waals surface area (Å²) in [6, 6.07) is 62.9. The molecule has 0 heterocycles. The van der Waals surface area contributed by atoms with Gasteiger partial charge in [-0.05, 0) is 87.1 Å². The summed E-state index contributed by atoms with van der Waals surface area (Å²) in [5, 5.41) is 81.9. The Morgan fingerprint density at radius 1 is 0.197 bits per heavy atom. The molecule has 0 spiro atoms. The van der Waals surface area contributed by atoms with E-state index in [2.05, 4.69) is 97.1 Å². The third-order valence-electron chi connectivity index (χ3n) is 11.4. The van der Waals surface area contributed by atoms with Crippen molar-refractivity contribution >= 4 is 79.1 Å². The summed E-state index contributed by atoms with van der Waals surface area (Å²) < 4.78 is 0. The van der Waals surface area contributed by atoms with E-state index in [1.807, 2.05) is 48.5 Å². The standard InChI is InChI=1S/C48H40B4O8Si/c53-49(54)41-17-1-33(2-18-41)37-9-25-45(26-10-37)61(46-27-11-38(12-28-46)34-3-19-42(20-4-34)50(55)56,47-29-13-39(14-30-47)35-5-21-43(22-6-35)51(57)58)48-31-15-40(16-32-48)36-7-23-44(24-8-36)52(59)60/h1-32,53-60H. The summed E-state index contributed by atoms with van der Waals surface area (Å²) in [6.45, 7) is 0. The van der Waals surface area contributed by atoms with Crippen LogP contribution in [0.1, 0.15) is 0 Å². The summed E-state index contributed by atoms with van der Waals surface area (Å²) in [4.78, 5) is 0. The van der Waals surface area contributed by atoms with E-state index < -0.39 is 36.5 Å². The average molecular weight is 816 g/mol. The highest BCUT2D eigenvalue weighted by Gasteiger charge is 2.41. The monoisotopic (exact) mass is 816 g/mol. The van der Waals surface area contributed by atoms with Gasteiger partial charge in [-0.15, -0.1) is 0 Å². The minimum atomic E-state index is -3.16. The number of hydrogen-bond acceptors (Lipinski definition) is 8. The lowest BCUT2D eigenvalue weighted by molar-refractivity contribution is 0.424. The third-order valence-corrected chi connectivity index (χ3v) is 16.2. The topological polar surface area (TPSA) is 162 Å². The molecule has 296 valence electrons. The Balaban J connectivity index is 1.30. The molecule has 13 heteroatoms. The van der Waals surface area contributed by atoms with Gasteiger partial charge in [-0.2, -0.15) is 0 Å². The van der Waals surface area contributed by atoms with Crippen molar-refractivity contribution < 1.29 is 40.2 Å². The molecule has 0 saturated heterocycles. The molecule has 0 unspecified atom stereocenters. The highest BCUT2D eigenvalue weighted by Crippen LogP contribution is 2.24. The van der Waals surface area contributed by atoms with Gasteiger partial charge < -0.3 is 40.2 Å². The van der Waals surface area contributed by atoms with Gasteiger partial charge in [0.05, 0.1) is 0 Å². The molecule has 8 aromatic rings. The summed E-state index contributed by atoms with van der Waals surface area (Å²) >= 11 is 0. The van der Waals surface area contributed by atoms with Crippen LogP contribution in [-0.2, 0) is 0 Å². The van der Waals surface area contributed by atoms with E-state index in [9.17, 15) is 40.2 Å². The maximum atomic E-state index is 9.68. The highest BCUT2D eigenvalue weighted by molar-refractivity contribution is 7.19. The average Bonchev–Trinajstić information content (AvgIpc) is 3.30. The predicted molar refractivity (Wildman–Crippen MR) is 251 cm³/mol. The molecule has 0 saturated carbocycles. The fourth-order valence-electron chi connectivity index (χ4n) is 8.04. The van der Waals surface area contributed by atoms with Gasteiger partial charge in [-0.1, -0.05) is 194 Å². The van der Waals surface area contributed by atoms with E-state index in [0.29, 0.717) is 21.9 Å². The maximum Gasteiger partial charge on any atom is 0.488 e. The lowest BCUT2D eigenvalue weighted by atomic mass is 9.80. The Labute approximate surface area is 356 Å². The van der Waals surface area contributed by atoms with Crippen LogP contribution in [0, 0.1) is 0 Å². The summed E-state index contributed by atoms with van der Waals surface area (Å²) in [5.41, 5.74) is 9.24. The third kappa shape index (κ3) is 8.61. The van der Waals surface area contributed by atoms with Crippen molar-refractivity contribution in [3.63, 3.8) is 0 Å². The van der Waals surface area contributed by atoms with Crippen molar-refractivity contribution in [2.24, 2.45) is 0 Å². The summed E-state index contributed by atoms with van der Waals surface area (Å²) in [5.74, 6) is 0. The fourth-order valence-corrected chi connectivity index (χ4v) is 12.7. The van der Waals surface area contributed by atoms with Crippen molar-refractivity contribution in [2.45, 2.75) is 0 Å². The van der Waals surface area contributed by atoms with Gasteiger partial charge in [0.25, 0.3) is 0 Å². The second-order valence-corrected chi connectivity index (χ2v) is 18.9. The van der Waals surface area contributed by atoms with E-state index >= 15 is 0 Å². The summed E-state index contributed by atoms with van der Waals surface area (Å²) in [7, 11) is -9.38. The Bertz CT molecular complexity index is 2310. The Morgan fingerprint density at radius 3 is 0.459 bits per heavy atom. The first-order chi connectivity index (χ1) is 29.5. The zero-order valence-corrected chi connectivity index (χ0v) is 33.9. The first-order valence-electron chi connectivity index (χ1n) is 19.8. The van der Waals surface area contributed by atoms with E-state index in [1.54, 1.807) is 48.5 Å². The lowest BCUT2D eigenvalue weighted by Crippen LogP contribution is -2.74. The normalized spacial score (nSPS) is 11.3. The molecule has 0 bridgehead atoms. The minimum absolute atomic E-state index is 0.410. The van der Waals surface area contributed by atoms with Crippen LogP contribution in [0.25, 0.3) is 44.5 Å². The summed E-state index contributed by atoms with van der Waals surface area (Å²) in [6.07, 6.45) is 0. The predicted octanol–water partition coefficient (Wildman–Crippen LogP) is 0.451. The van der Waals surface area contributed by atoms with Crippen LogP contribution in [0.3, 0.4) is 0 Å². The Morgan fingerprint density at radius 2 is 0.328 bits per heavy atom. The zero-order valence-electron chi connectivity index (χ0n) is 32.9. The first kappa shape index (κ1) is 41.6. The van der Waals surface area contributed by atoms with Gasteiger partial charge >= 0.3 is 28.5 Å². The molecule has 61 heavy (non-hydrogen) atoms. The number of rotatable bonds is 12. The Kier molecular flexibility index (Phi) is 12.2. The van der Waals surface area contributed by atoms with Crippen molar-refractivity contribution in [3.05, 3.63) is 194 Å². The Hall–Kier alpha value is -6.08. The van der Waals surface area contributed by atoms with Crippen LogP contribution in [0.5, 0.6) is 0 Å². The molecule has 0 atom stereocenters. The van der Waals surface area contributed by atoms with Gasteiger partial charge in [-0.25, -0.2) is 0 Å². The smallest absolute Gasteiger partial charge is 0.423 e. The molecule has 8 rings (SSSR count). The molecule has 0 radical (unpaired) electrons. The highest BCUT2D eigenvalue weighted by atomic mass is 28.3. The molecule has 8 nitrogen and oxygen atoms in total. The molecular formula is C48H40B4O8Si. The van der Waals surface area contributed by atoms with E-state index in [1.165, 1.54) is 0 Å². The number of hydrogen-bond donors (Lipinski definition) is 8. The number of benzene rings is 8. The van der Waals surface area contributed by atoms with Crippen molar-refractivity contribution in [3.8, 4) is 44.5 Å². The lowest BCUT2D eigenvalue weighted by Gasteiger charge is -2.35. The molecule has 0 amide bonds. The zero-order chi connectivity index (χ0) is 42.7.